The zero-order valence-electron chi connectivity index (χ0n) is 36.6. The van der Waals surface area contributed by atoms with Crippen molar-refractivity contribution in [2.75, 3.05) is 27.3 Å². The Balaban J connectivity index is 1.18. The van der Waals surface area contributed by atoms with E-state index >= 15 is 0 Å². The van der Waals surface area contributed by atoms with E-state index in [1.165, 1.54) is 34.8 Å². The van der Waals surface area contributed by atoms with Gasteiger partial charge in [-0.15, -0.1) is 11.3 Å². The van der Waals surface area contributed by atoms with Crippen molar-refractivity contribution in [1.29, 1.82) is 0 Å². The molecule has 61 heavy (non-hydrogen) atoms. The lowest BCUT2D eigenvalue weighted by Crippen LogP contribution is -2.67. The van der Waals surface area contributed by atoms with Crippen LogP contribution in [0, 0.1) is 17.3 Å². The standard InChI is InChI=1S/C47H61N7O6S/c1-8-53-39-13-10-28-19-34(39)36(42(53)35-20-30(23-48-41(35)27(3)59-7)29-17-31-11-12-32(18-29)52(31)6)22-46(4,5)25-60-45(57)47(58)14-9-15-54(51-47)44(56)37(21-40-49-38(28)24-61-40)50-43(55)33-16-26(33)2/h10,13,19-20,23-24,26-27,29,31-33,37,51,58H,8-9,11-12,14-18,21-22,25H2,1-7H3,(H,50,55)/t26-,27-,29?,31?,32?,33-,37-,47-/m0/s1. The molecule has 2 amide bonds. The molecule has 4 aliphatic heterocycles. The van der Waals surface area contributed by atoms with Gasteiger partial charge >= 0.3 is 5.97 Å². The third-order valence-corrected chi connectivity index (χ3v) is 15.2. The highest BCUT2D eigenvalue weighted by molar-refractivity contribution is 7.10. The molecule has 1 saturated carbocycles. The van der Waals surface area contributed by atoms with Gasteiger partial charge in [-0.25, -0.2) is 9.78 Å². The number of thiazole rings is 1. The molecule has 326 valence electrons. The average molecular weight is 852 g/mol. The van der Waals surface area contributed by atoms with Crippen LogP contribution in [0.2, 0.25) is 0 Å². The minimum Gasteiger partial charge on any atom is -0.462 e. The van der Waals surface area contributed by atoms with Gasteiger partial charge in [0.15, 0.2) is 0 Å². The number of aromatic nitrogens is 3. The number of amides is 2. The van der Waals surface area contributed by atoms with Crippen molar-refractivity contribution in [3.05, 3.63) is 57.7 Å². The SMILES string of the molecule is CCn1c(-c2cc(C3CC4CCC(C3)N4C)cnc2[C@H](C)OC)c2c3cc(ccc31)-c1csc(n1)C[C@H](NC(=O)[C@H]1C[C@@H]1C)C(=O)N1CCC[C@@](O)(N1)C(=O)OCC(C)(C)C2. The molecule has 14 heteroatoms. The number of aryl methyl sites for hydroxylation is 1. The van der Waals surface area contributed by atoms with Crippen LogP contribution in [0.15, 0.2) is 35.8 Å². The quantitative estimate of drug-likeness (QED) is 0.176. The number of ether oxygens (including phenoxy) is 2. The van der Waals surface area contributed by atoms with Crippen LogP contribution in [-0.4, -0.2) is 98.5 Å². The Morgan fingerprint density at radius 2 is 1.92 bits per heavy atom. The lowest BCUT2D eigenvalue weighted by Gasteiger charge is -2.40. The first-order valence-corrected chi connectivity index (χ1v) is 23.2. The summed E-state index contributed by atoms with van der Waals surface area (Å²) in [6.07, 6.45) is 8.47. The number of hydrazine groups is 1. The van der Waals surface area contributed by atoms with Crippen molar-refractivity contribution in [2.24, 2.45) is 17.3 Å². The predicted octanol–water partition coefficient (Wildman–Crippen LogP) is 6.52. The third-order valence-electron chi connectivity index (χ3n) is 14.4. The lowest BCUT2D eigenvalue weighted by atomic mass is 9.82. The number of rotatable bonds is 7. The van der Waals surface area contributed by atoms with E-state index in [-0.39, 0.29) is 49.8 Å². The van der Waals surface area contributed by atoms with E-state index in [0.29, 0.717) is 42.4 Å². The van der Waals surface area contributed by atoms with Crippen molar-refractivity contribution >= 4 is 40.0 Å². The van der Waals surface area contributed by atoms with Gasteiger partial charge in [0.1, 0.15) is 6.04 Å². The fraction of sp³-hybridized carbons (Fsp3) is 0.596. The monoisotopic (exact) mass is 851 g/mol. The van der Waals surface area contributed by atoms with Crippen LogP contribution in [0.3, 0.4) is 0 Å². The maximum absolute atomic E-state index is 14.2. The molecule has 5 aliphatic rings. The highest BCUT2D eigenvalue weighted by Crippen LogP contribution is 2.46. The second-order valence-corrected chi connectivity index (χ2v) is 20.2. The van der Waals surface area contributed by atoms with Gasteiger partial charge in [0.25, 0.3) is 5.91 Å². The molecule has 1 aromatic carbocycles. The second kappa shape index (κ2) is 16.2. The third kappa shape index (κ3) is 7.92. The van der Waals surface area contributed by atoms with Crippen LogP contribution in [0.4, 0.5) is 0 Å². The number of hydrogen-bond donors (Lipinski definition) is 3. The van der Waals surface area contributed by atoms with Gasteiger partial charge in [0.2, 0.25) is 11.6 Å². The Morgan fingerprint density at radius 3 is 2.62 bits per heavy atom. The zero-order valence-corrected chi connectivity index (χ0v) is 37.4. The smallest absolute Gasteiger partial charge is 0.355 e. The fourth-order valence-electron chi connectivity index (χ4n) is 10.5. The largest absolute Gasteiger partial charge is 0.462 e. The number of cyclic esters (lactones) is 1. The molecule has 7 heterocycles. The van der Waals surface area contributed by atoms with Gasteiger partial charge < -0.3 is 29.4 Å². The van der Waals surface area contributed by atoms with Crippen molar-refractivity contribution in [3.8, 4) is 22.5 Å². The lowest BCUT2D eigenvalue weighted by molar-refractivity contribution is -0.189. The van der Waals surface area contributed by atoms with E-state index < -0.39 is 29.1 Å². The number of hydrogen-bond acceptors (Lipinski definition) is 11. The number of carbonyl (C=O) groups is 3. The van der Waals surface area contributed by atoms with E-state index in [1.807, 2.05) is 12.3 Å². The first kappa shape index (κ1) is 42.1. The number of nitrogens with one attached hydrogen (secondary N) is 2. The van der Waals surface area contributed by atoms with Gasteiger partial charge in [0, 0.05) is 90.1 Å². The summed E-state index contributed by atoms with van der Waals surface area (Å²) in [7, 11) is 4.01. The van der Waals surface area contributed by atoms with E-state index in [9.17, 15) is 19.5 Å². The molecule has 3 saturated heterocycles. The van der Waals surface area contributed by atoms with Crippen molar-refractivity contribution < 1.29 is 29.0 Å². The highest BCUT2D eigenvalue weighted by atomic mass is 32.1. The zero-order chi connectivity index (χ0) is 43.0. The average Bonchev–Trinajstić information content (AvgIpc) is 3.59. The molecule has 4 aromatic rings. The van der Waals surface area contributed by atoms with Crippen molar-refractivity contribution in [1.82, 2.24) is 35.2 Å². The number of aliphatic hydroxyl groups is 1. The molecule has 7 atom stereocenters. The number of fused-ring (bicyclic) bond motifs is 8. The molecule has 8 bridgehead atoms. The molecular weight excluding hydrogens is 791 g/mol. The van der Waals surface area contributed by atoms with Crippen LogP contribution in [-0.2, 0) is 43.2 Å². The summed E-state index contributed by atoms with van der Waals surface area (Å²) < 4.78 is 14.4. The number of benzene rings is 1. The van der Waals surface area contributed by atoms with Gasteiger partial charge in [-0.3, -0.25) is 19.6 Å². The summed E-state index contributed by atoms with van der Waals surface area (Å²) >= 11 is 1.45. The number of piperidine rings is 1. The summed E-state index contributed by atoms with van der Waals surface area (Å²) in [4.78, 5) is 54.2. The van der Waals surface area contributed by atoms with Crippen LogP contribution in [0.5, 0.6) is 0 Å². The fourth-order valence-corrected chi connectivity index (χ4v) is 11.4. The molecule has 4 fully saturated rings. The summed E-state index contributed by atoms with van der Waals surface area (Å²) in [5.41, 5.74) is 8.32. The van der Waals surface area contributed by atoms with Crippen LogP contribution in [0.1, 0.15) is 113 Å². The molecule has 13 nitrogen and oxygen atoms in total. The molecule has 3 aromatic heterocycles. The Morgan fingerprint density at radius 1 is 1.16 bits per heavy atom. The molecule has 9 rings (SSSR count). The maximum atomic E-state index is 14.2. The van der Waals surface area contributed by atoms with Crippen molar-refractivity contribution in [2.45, 2.75) is 135 Å². The van der Waals surface area contributed by atoms with Crippen LogP contribution >= 0.6 is 11.3 Å². The first-order chi connectivity index (χ1) is 29.2. The minimum atomic E-state index is -2.12. The molecule has 2 unspecified atom stereocenters. The van der Waals surface area contributed by atoms with Gasteiger partial charge in [-0.1, -0.05) is 26.8 Å². The normalized spacial score (nSPS) is 29.6. The number of esters is 1. The number of nitrogens with zero attached hydrogens (tertiary/aromatic N) is 5. The molecule has 3 N–H and O–H groups in total. The summed E-state index contributed by atoms with van der Waals surface area (Å²) in [6, 6.07) is 9.12. The summed E-state index contributed by atoms with van der Waals surface area (Å²) in [6.45, 7) is 11.4. The molecular formula is C47H61N7O6S. The van der Waals surface area contributed by atoms with Crippen LogP contribution < -0.4 is 10.7 Å². The molecule has 0 spiro atoms. The van der Waals surface area contributed by atoms with Gasteiger partial charge in [-0.2, -0.15) is 5.43 Å². The second-order valence-electron chi connectivity index (χ2n) is 19.3. The van der Waals surface area contributed by atoms with E-state index in [2.05, 4.69) is 85.4 Å². The van der Waals surface area contributed by atoms with Crippen molar-refractivity contribution in [3.63, 3.8) is 0 Å². The predicted molar refractivity (Wildman–Crippen MR) is 234 cm³/mol. The number of pyridine rings is 1. The van der Waals surface area contributed by atoms with Gasteiger partial charge in [0.05, 0.1) is 34.8 Å². The molecule has 1 aliphatic carbocycles. The Hall–Kier alpha value is -4.21. The van der Waals surface area contributed by atoms with E-state index in [0.717, 1.165) is 63.9 Å². The minimum absolute atomic E-state index is 0.0212. The van der Waals surface area contributed by atoms with E-state index in [4.69, 9.17) is 19.4 Å². The van der Waals surface area contributed by atoms with E-state index in [1.54, 1.807) is 7.11 Å². The topological polar surface area (TPSA) is 151 Å². The Labute approximate surface area is 362 Å². The number of methoxy groups -OCH3 is 1. The van der Waals surface area contributed by atoms with Crippen LogP contribution in [0.25, 0.3) is 33.4 Å². The Kier molecular flexibility index (Phi) is 11.2. The number of carbonyl (C=O) groups excluding carboxylic acids is 3. The summed E-state index contributed by atoms with van der Waals surface area (Å²) in [5.74, 6) is -0.919. The highest BCUT2D eigenvalue weighted by Gasteiger charge is 2.46. The maximum Gasteiger partial charge on any atom is 0.355 e. The first-order valence-electron chi connectivity index (χ1n) is 22.3. The molecule has 0 radical (unpaired) electrons. The van der Waals surface area contributed by atoms with Gasteiger partial charge in [-0.05, 0) is 107 Å². The Bertz CT molecular complexity index is 2340. The summed E-state index contributed by atoms with van der Waals surface area (Å²) in [5, 5.41) is 19.8.